The second kappa shape index (κ2) is 78.2. The van der Waals surface area contributed by atoms with Gasteiger partial charge in [0.15, 0.2) is 54.7 Å². The highest BCUT2D eigenvalue weighted by Crippen LogP contribution is 2.37. The molecule has 5 aliphatic heterocycles. The van der Waals surface area contributed by atoms with Crippen LogP contribution < -0.4 is 30.2 Å². The maximum atomic E-state index is 12.3. The van der Waals surface area contributed by atoms with E-state index in [1.807, 2.05) is 0 Å². The van der Waals surface area contributed by atoms with Crippen LogP contribution in [0.5, 0.6) is 0 Å². The summed E-state index contributed by atoms with van der Waals surface area (Å²) >= 11 is 75.6. The Morgan fingerprint density at radius 1 is 0.290 bits per heavy atom. The molecule has 0 radical (unpaired) electrons. The molecule has 6 fully saturated rings. The lowest BCUT2D eigenvalue weighted by atomic mass is 9.83. The molecule has 0 aromatic carbocycles. The van der Waals surface area contributed by atoms with Gasteiger partial charge < -0.3 is 91.8 Å². The third-order valence-corrected chi connectivity index (χ3v) is 33.1. The standard InChI is InChI=1S/C16H25Br4NO4.C14H21Br4NO4.C12H15Br6NO4.C12H17Br4NO4.C11H15Br4NO5.C11H17Br2NO4/c17-6-12(7-18)15(22)24-11-14(10-21-4-2-1-3-5-21)25-16(23)13(8-19)9-20;15-6-11(17)13(20)22-9-10(23-14(21)12(18)7-16)8-19-4-2-1-3-5-19;13-11(14,15)9(20)22-7-8(23-10(21)12(16,17)18)6-19-4-2-1-3-5-19;13-9(14)11(18)20-7-8(21-12(19)10(15)16)6-17-4-2-1-3-5-17;12-8(13)10(17)20-6-7(21-11(18)9(14)15)5-16-1-3-19-4-2-16;12-8(13)9(15)17-6-7-18-10(16)11(14)4-2-1-3-5-11/h12-14H,1-11H2;10-12H,1-9H2;8H,1-7H2;8-10H,1-7H2;7-9H,1-6H2;8H,1-7,14H2/p+6. The quantitative estimate of drug-likeness (QED) is 0.0143. The molecule has 0 bridgehead atoms. The second-order valence-electron chi connectivity index (χ2n) is 30.4. The number of likely N-dealkylation sites (tertiary alicyclic amines) is 4. The van der Waals surface area contributed by atoms with Gasteiger partial charge in [-0.25, -0.2) is 38.4 Å². The van der Waals surface area contributed by atoms with E-state index in [0.717, 1.165) is 110 Å². The Morgan fingerprint density at radius 2 is 0.557 bits per heavy atom. The molecule has 5 saturated heterocycles. The highest BCUT2D eigenvalue weighted by atomic mass is 80.0. The van der Waals surface area contributed by atoms with E-state index in [9.17, 15) is 57.5 Å². The van der Waals surface area contributed by atoms with Crippen molar-refractivity contribution >= 4 is 454 Å². The summed E-state index contributed by atoms with van der Waals surface area (Å²) in [5, 5.41) is 3.09. The normalized spacial score (nSPS) is 18.1. The first-order valence-electron chi connectivity index (χ1n) is 41.8. The minimum atomic E-state index is -1.14. The van der Waals surface area contributed by atoms with Crippen LogP contribution in [-0.2, 0) is 119 Å². The van der Waals surface area contributed by atoms with Crippen LogP contribution in [0.4, 0.5) is 0 Å². The number of carbonyl (C=O) groups excluding carboxylic acids is 12. The number of esters is 12. The van der Waals surface area contributed by atoms with Crippen LogP contribution in [0, 0.1) is 11.8 Å². The van der Waals surface area contributed by atoms with Gasteiger partial charge >= 0.3 is 71.6 Å². The summed E-state index contributed by atoms with van der Waals surface area (Å²) in [7, 11) is 0. The molecule has 0 spiro atoms. The molecule has 762 valence electrons. The first-order chi connectivity index (χ1) is 61.8. The summed E-state index contributed by atoms with van der Waals surface area (Å²) in [6.45, 7) is 15.1. The average Bonchev–Trinajstić information content (AvgIpc) is 0.841. The minimum absolute atomic E-state index is 0.0122. The highest BCUT2D eigenvalue weighted by Gasteiger charge is 2.42. The van der Waals surface area contributed by atoms with Crippen molar-refractivity contribution in [2.24, 2.45) is 11.8 Å². The van der Waals surface area contributed by atoms with Crippen molar-refractivity contribution in [1.29, 1.82) is 0 Å². The largest absolute Gasteiger partial charge is 0.461 e. The molecular weight excluding hydrogens is 3310 g/mol. The monoisotopic (exact) mass is 3410 g/mol. The fraction of sp³-hybridized carbons (Fsp3) is 0.842. The third kappa shape index (κ3) is 64.0. The smallest absolute Gasteiger partial charge is 0.368 e. The van der Waals surface area contributed by atoms with Crippen LogP contribution in [0.3, 0.4) is 0 Å². The predicted molar refractivity (Wildman–Crippen MR) is 581 cm³/mol. The fourth-order valence-corrected chi connectivity index (χ4v) is 18.8. The second-order valence-corrected chi connectivity index (χ2v) is 65.3. The van der Waals surface area contributed by atoms with Crippen molar-refractivity contribution in [3.05, 3.63) is 0 Å². The zero-order valence-corrected chi connectivity index (χ0v) is 109. The first-order valence-corrected chi connectivity index (χ1v) is 64.3. The molecule has 55 heteroatoms. The maximum Gasteiger partial charge on any atom is 0.368 e. The number of nitrogens with one attached hydrogen (secondary N) is 5. The Labute approximate surface area is 968 Å². The van der Waals surface area contributed by atoms with Gasteiger partial charge in [0, 0.05) is 44.8 Å². The van der Waals surface area contributed by atoms with Crippen LogP contribution in [0.25, 0.3) is 0 Å². The van der Waals surface area contributed by atoms with Crippen LogP contribution in [0.15, 0.2) is 0 Å². The van der Waals surface area contributed by atoms with E-state index in [4.69, 9.17) is 61.6 Å². The molecule has 1 saturated carbocycles. The number of ether oxygens (including phenoxy) is 13. The number of carbonyl (C=O) groups is 12. The van der Waals surface area contributed by atoms with Crippen molar-refractivity contribution in [3.8, 4) is 0 Å². The number of hydrogen-bond donors (Lipinski definition) is 6. The summed E-state index contributed by atoms with van der Waals surface area (Å²) in [5.74, 6) is -5.26. The molecule has 6 rings (SSSR count). The number of alkyl halides is 24. The molecule has 0 amide bonds. The zero-order valence-electron chi connectivity index (χ0n) is 71.3. The van der Waals surface area contributed by atoms with E-state index in [1.165, 1.54) is 88.7 Å². The Bertz CT molecular complexity index is 3200. The number of halogens is 24. The van der Waals surface area contributed by atoms with Gasteiger partial charge in [0.2, 0.25) is 4.29 Å². The number of piperidine rings is 4. The van der Waals surface area contributed by atoms with Crippen LogP contribution in [0.2, 0.25) is 0 Å². The molecule has 0 aromatic heterocycles. The van der Waals surface area contributed by atoms with E-state index in [0.29, 0.717) is 77.9 Å². The van der Waals surface area contributed by atoms with Crippen LogP contribution >= 0.6 is 382 Å². The highest BCUT2D eigenvalue weighted by molar-refractivity contribution is 9.40. The molecule has 31 nitrogen and oxygen atoms in total. The van der Waals surface area contributed by atoms with Gasteiger partial charge in [0.25, 0.3) is 0 Å². The maximum absolute atomic E-state index is 12.3. The lowest BCUT2D eigenvalue weighted by molar-refractivity contribution is -0.910. The summed E-state index contributed by atoms with van der Waals surface area (Å²) in [6, 6.07) is 0. The summed E-state index contributed by atoms with van der Waals surface area (Å²) in [5.41, 5.74) is 3.37. The van der Waals surface area contributed by atoms with E-state index in [1.54, 1.807) is 0 Å². The van der Waals surface area contributed by atoms with Gasteiger partial charge in [-0.1, -0.05) is 293 Å². The van der Waals surface area contributed by atoms with Crippen LogP contribution in [-0.4, -0.2) is 330 Å². The molecule has 0 aromatic rings. The number of hydrogen-bond acceptors (Lipinski definition) is 25. The van der Waals surface area contributed by atoms with Crippen molar-refractivity contribution in [1.82, 2.24) is 0 Å². The summed E-state index contributed by atoms with van der Waals surface area (Å²) in [4.78, 5) is 147. The minimum Gasteiger partial charge on any atom is -0.461 e. The molecule has 1 aliphatic carbocycles. The van der Waals surface area contributed by atoms with Gasteiger partial charge in [-0.15, -0.1) is 0 Å². The fourth-order valence-electron chi connectivity index (χ4n) is 13.0. The molecule has 8 N–H and O–H groups in total. The summed E-state index contributed by atoms with van der Waals surface area (Å²) in [6.07, 6.45) is 16.9. The van der Waals surface area contributed by atoms with Gasteiger partial charge in [0.1, 0.15) is 102 Å². The van der Waals surface area contributed by atoms with Gasteiger partial charge in [0.05, 0.1) is 77.4 Å². The molecule has 5 heterocycles. The average molecular weight is 3430 g/mol. The van der Waals surface area contributed by atoms with Crippen molar-refractivity contribution in [3.63, 3.8) is 0 Å². The van der Waals surface area contributed by atoms with E-state index in [-0.39, 0.29) is 87.9 Å². The van der Waals surface area contributed by atoms with E-state index < -0.39 is 110 Å². The third-order valence-electron chi connectivity index (χ3n) is 19.8. The first kappa shape index (κ1) is 134. The topological polar surface area (TPSA) is 375 Å². The van der Waals surface area contributed by atoms with E-state index in [2.05, 4.69) is 388 Å². The van der Waals surface area contributed by atoms with Gasteiger partial charge in [-0.2, -0.15) is 0 Å². The summed E-state index contributed by atoms with van der Waals surface area (Å²) < 4.78 is 63.7. The van der Waals surface area contributed by atoms with Crippen LogP contribution in [0.1, 0.15) is 109 Å². The lowest BCUT2D eigenvalue weighted by Gasteiger charge is -2.28. The molecule has 7 unspecified atom stereocenters. The zero-order chi connectivity index (χ0) is 98.8. The van der Waals surface area contributed by atoms with Crippen molar-refractivity contribution in [2.75, 3.05) is 190 Å². The molecule has 6 aliphatic rings. The Morgan fingerprint density at radius 3 is 0.885 bits per heavy atom. The predicted octanol–water partition coefficient (Wildman–Crippen LogP) is 10.8. The van der Waals surface area contributed by atoms with Crippen molar-refractivity contribution in [2.45, 2.75) is 178 Å². The Kier molecular flexibility index (Phi) is 79.9. The number of rotatable bonds is 44. The number of quaternary nitrogens is 6. The lowest BCUT2D eigenvalue weighted by Crippen LogP contribution is -3.15. The van der Waals surface area contributed by atoms with Gasteiger partial charge in [-0.05, 0) is 185 Å². The Hall–Kier alpha value is 4.88. The Balaban J connectivity index is 0.000000788. The number of morpholine rings is 1. The van der Waals surface area contributed by atoms with Gasteiger partial charge in [-0.3, -0.25) is 19.2 Å². The molecular formula is C76H116Br24N6O25+6. The molecule has 131 heavy (non-hydrogen) atoms. The van der Waals surface area contributed by atoms with Crippen molar-refractivity contribution < 1.29 is 149 Å². The SMILES string of the molecule is O=C(OCC(C[NH+]1CCCCC1)OC(=O)C(Br)(Br)Br)C(Br)(Br)Br.O=C(OCC(C[NH+]1CCCCC1)OC(=O)C(Br)Br)C(Br)Br.O=C(OCC(C[NH+]1CCCCC1)OC(=O)C(Br)CBr)C(Br)CBr.O=C(OCC(C[NH+]1CCCCC1)OC(=O)C(CBr)CBr)C(CBr)CBr.O=C(OCC(C[NH+]1CCOCC1)OC(=O)C(Br)Br)C(Br)Br.[NH3+]C1(C(=O)OCCOC(=O)C(Br)Br)CCCCC1. The molecule has 7 atom stereocenters. The van der Waals surface area contributed by atoms with E-state index >= 15 is 0 Å².